The van der Waals surface area contributed by atoms with Gasteiger partial charge in [0, 0.05) is 21.9 Å². The van der Waals surface area contributed by atoms with Gasteiger partial charge in [0.15, 0.2) is 0 Å². The van der Waals surface area contributed by atoms with Crippen molar-refractivity contribution in [2.75, 3.05) is 12.3 Å². The third-order valence-electron chi connectivity index (χ3n) is 4.39. The van der Waals surface area contributed by atoms with Crippen LogP contribution in [0.15, 0.2) is 50.7 Å². The van der Waals surface area contributed by atoms with E-state index in [0.717, 1.165) is 11.1 Å². The molecule has 0 aliphatic carbocycles. The summed E-state index contributed by atoms with van der Waals surface area (Å²) >= 11 is 3.33. The van der Waals surface area contributed by atoms with E-state index in [2.05, 4.69) is 26.2 Å². The number of halogens is 1. The number of nitrogens with two attached hydrogens (primary N) is 1. The maximum atomic E-state index is 13.6. The van der Waals surface area contributed by atoms with Gasteiger partial charge < -0.3 is 10.3 Å². The Labute approximate surface area is 183 Å². The van der Waals surface area contributed by atoms with Gasteiger partial charge in [-0.25, -0.2) is 22.0 Å². The zero-order chi connectivity index (χ0) is 22.3. The highest BCUT2D eigenvalue weighted by Crippen LogP contribution is 2.34. The number of rotatable bonds is 6. The summed E-state index contributed by atoms with van der Waals surface area (Å²) in [5.41, 5.74) is 1.83. The van der Waals surface area contributed by atoms with Crippen molar-refractivity contribution in [3.63, 3.8) is 0 Å². The molecule has 11 heteroatoms. The van der Waals surface area contributed by atoms with Crippen molar-refractivity contribution < 1.29 is 21.6 Å². The van der Waals surface area contributed by atoms with Crippen LogP contribution < -0.4 is 10.5 Å². The van der Waals surface area contributed by atoms with Gasteiger partial charge in [0.2, 0.25) is 19.9 Å². The highest BCUT2D eigenvalue weighted by molar-refractivity contribution is 9.10. The second-order valence-corrected chi connectivity index (χ2v) is 11.5. The van der Waals surface area contributed by atoms with Crippen molar-refractivity contribution in [1.82, 2.24) is 10.3 Å². The molecule has 0 spiro atoms. The summed E-state index contributed by atoms with van der Waals surface area (Å²) in [6.07, 6.45) is 0. The second-order valence-electron chi connectivity index (χ2n) is 6.97. The van der Waals surface area contributed by atoms with Crippen LogP contribution in [-0.2, 0) is 19.9 Å². The Bertz CT molecular complexity index is 1340. The molecule has 0 unspecified atom stereocenters. The van der Waals surface area contributed by atoms with Crippen LogP contribution in [0.3, 0.4) is 0 Å². The Morgan fingerprint density at radius 3 is 2.30 bits per heavy atom. The summed E-state index contributed by atoms with van der Waals surface area (Å²) in [4.78, 5) is 15.5. The SMILES string of the molecule is Cc1cc(C)cc(S(=O)(=O)c2c(C(=O)NCCS(N)(=O)=O)[nH]c3ccc(Br)cc23)c1. The molecule has 1 aromatic heterocycles. The monoisotopic (exact) mass is 513 g/mol. The molecule has 3 aromatic rings. The van der Waals surface area contributed by atoms with Crippen molar-refractivity contribution in [2.24, 2.45) is 5.14 Å². The van der Waals surface area contributed by atoms with Crippen LogP contribution >= 0.6 is 15.9 Å². The fourth-order valence-electron chi connectivity index (χ4n) is 3.18. The number of H-pyrrole nitrogens is 1. The number of carbonyl (C=O) groups is 1. The minimum absolute atomic E-state index is 0.0689. The van der Waals surface area contributed by atoms with Gasteiger partial charge in [0.1, 0.15) is 10.6 Å². The molecule has 8 nitrogen and oxygen atoms in total. The Balaban J connectivity index is 2.17. The fraction of sp³-hybridized carbons (Fsp3) is 0.211. The third-order valence-corrected chi connectivity index (χ3v) is 7.47. The molecule has 0 radical (unpaired) electrons. The van der Waals surface area contributed by atoms with Crippen LogP contribution in [0.4, 0.5) is 0 Å². The molecule has 1 amide bonds. The van der Waals surface area contributed by atoms with E-state index in [9.17, 15) is 21.6 Å². The molecular weight excluding hydrogens is 494 g/mol. The first-order chi connectivity index (χ1) is 13.9. The number of primary sulfonamides is 1. The first-order valence-electron chi connectivity index (χ1n) is 8.82. The first-order valence-corrected chi connectivity index (χ1v) is 12.8. The number of hydrogen-bond acceptors (Lipinski definition) is 5. The van der Waals surface area contributed by atoms with Crippen LogP contribution in [0, 0.1) is 13.8 Å². The molecule has 0 aliphatic heterocycles. The summed E-state index contributed by atoms with van der Waals surface area (Å²) in [6.45, 7) is 3.33. The van der Waals surface area contributed by atoms with E-state index in [1.165, 1.54) is 0 Å². The average Bonchev–Trinajstić information content (AvgIpc) is 2.99. The average molecular weight is 514 g/mol. The molecule has 0 saturated carbocycles. The van der Waals surface area contributed by atoms with E-state index < -0.39 is 31.5 Å². The van der Waals surface area contributed by atoms with Crippen LogP contribution in [0.1, 0.15) is 21.6 Å². The highest BCUT2D eigenvalue weighted by Gasteiger charge is 2.30. The quantitative estimate of drug-likeness (QED) is 0.464. The third kappa shape index (κ3) is 4.75. The number of carbonyl (C=O) groups excluding carboxylic acids is 1. The number of nitrogens with one attached hydrogen (secondary N) is 2. The van der Waals surface area contributed by atoms with Gasteiger partial charge in [0.05, 0.1) is 10.6 Å². The number of hydrogen-bond donors (Lipinski definition) is 3. The summed E-state index contributed by atoms with van der Waals surface area (Å²) in [5, 5.41) is 7.71. The molecule has 2 aromatic carbocycles. The number of amides is 1. The maximum Gasteiger partial charge on any atom is 0.269 e. The molecular formula is C19H20BrN3O5S2. The van der Waals surface area contributed by atoms with Crippen molar-refractivity contribution in [1.29, 1.82) is 0 Å². The number of benzene rings is 2. The Morgan fingerprint density at radius 2 is 1.70 bits per heavy atom. The number of aromatic nitrogens is 1. The Hall–Kier alpha value is -2.21. The molecule has 0 atom stereocenters. The van der Waals surface area contributed by atoms with Gasteiger partial charge in [-0.05, 0) is 55.3 Å². The van der Waals surface area contributed by atoms with Gasteiger partial charge in [-0.15, -0.1) is 0 Å². The summed E-state index contributed by atoms with van der Waals surface area (Å²) < 4.78 is 50.0. The largest absolute Gasteiger partial charge is 0.350 e. The predicted octanol–water partition coefficient (Wildman–Crippen LogP) is 2.40. The lowest BCUT2D eigenvalue weighted by Gasteiger charge is -2.10. The molecule has 3 rings (SSSR count). The predicted molar refractivity (Wildman–Crippen MR) is 118 cm³/mol. The number of aromatic amines is 1. The topological polar surface area (TPSA) is 139 Å². The minimum Gasteiger partial charge on any atom is -0.350 e. The number of sulfone groups is 1. The van der Waals surface area contributed by atoms with Crippen molar-refractivity contribution in [3.8, 4) is 0 Å². The molecule has 0 fully saturated rings. The van der Waals surface area contributed by atoms with E-state index >= 15 is 0 Å². The molecule has 0 saturated heterocycles. The van der Waals surface area contributed by atoms with E-state index in [4.69, 9.17) is 5.14 Å². The Kier molecular flexibility index (Phi) is 6.10. The van der Waals surface area contributed by atoms with Gasteiger partial charge in [-0.1, -0.05) is 22.0 Å². The van der Waals surface area contributed by atoms with Gasteiger partial charge in [-0.3, -0.25) is 4.79 Å². The van der Waals surface area contributed by atoms with Crippen LogP contribution in [0.5, 0.6) is 0 Å². The standard InChI is InChI=1S/C19H20BrN3O5S2/c1-11-7-12(2)9-14(8-11)30(27,28)18-15-10-13(20)3-4-16(15)23-17(18)19(24)22-5-6-29(21,25)26/h3-4,7-10,23H,5-6H2,1-2H3,(H,22,24)(H2,21,25,26). The molecule has 4 N–H and O–H groups in total. The van der Waals surface area contributed by atoms with E-state index in [1.54, 1.807) is 44.2 Å². The molecule has 0 aliphatic rings. The van der Waals surface area contributed by atoms with Crippen LogP contribution in [0.25, 0.3) is 10.9 Å². The summed E-state index contributed by atoms with van der Waals surface area (Å²) in [7, 11) is -7.84. The number of fused-ring (bicyclic) bond motifs is 1. The van der Waals surface area contributed by atoms with E-state index in [1.807, 2.05) is 6.07 Å². The zero-order valence-corrected chi connectivity index (χ0v) is 19.4. The minimum atomic E-state index is -4.07. The molecule has 0 bridgehead atoms. The lowest BCUT2D eigenvalue weighted by molar-refractivity contribution is 0.0948. The maximum absolute atomic E-state index is 13.6. The lowest BCUT2D eigenvalue weighted by Crippen LogP contribution is -2.32. The zero-order valence-electron chi connectivity index (χ0n) is 16.2. The summed E-state index contributed by atoms with van der Waals surface area (Å²) in [5.74, 6) is -1.21. The van der Waals surface area contributed by atoms with Crippen molar-refractivity contribution >= 4 is 52.6 Å². The van der Waals surface area contributed by atoms with Gasteiger partial charge in [0.25, 0.3) is 5.91 Å². The van der Waals surface area contributed by atoms with Crippen molar-refractivity contribution in [2.45, 2.75) is 23.6 Å². The second kappa shape index (κ2) is 8.14. The Morgan fingerprint density at radius 1 is 1.07 bits per heavy atom. The number of sulfonamides is 1. The number of aryl methyl sites for hydroxylation is 2. The molecule has 1 heterocycles. The van der Waals surface area contributed by atoms with E-state index in [0.29, 0.717) is 15.4 Å². The van der Waals surface area contributed by atoms with Gasteiger partial charge >= 0.3 is 0 Å². The highest BCUT2D eigenvalue weighted by atomic mass is 79.9. The summed E-state index contributed by atoms with van der Waals surface area (Å²) in [6, 6.07) is 9.92. The van der Waals surface area contributed by atoms with Crippen LogP contribution in [-0.4, -0.2) is 40.0 Å². The smallest absolute Gasteiger partial charge is 0.269 e. The van der Waals surface area contributed by atoms with Crippen LogP contribution in [0.2, 0.25) is 0 Å². The molecule has 30 heavy (non-hydrogen) atoms. The molecule has 160 valence electrons. The lowest BCUT2D eigenvalue weighted by atomic mass is 10.2. The van der Waals surface area contributed by atoms with Crippen molar-refractivity contribution in [3.05, 3.63) is 57.7 Å². The normalized spacial score (nSPS) is 12.3. The fourth-order valence-corrected chi connectivity index (χ4v) is 5.72. The van der Waals surface area contributed by atoms with Gasteiger partial charge in [-0.2, -0.15) is 0 Å². The first kappa shape index (κ1) is 22.5. The van der Waals surface area contributed by atoms with E-state index in [-0.39, 0.29) is 22.0 Å².